The first-order valence-electron chi connectivity index (χ1n) is 10.7. The molecule has 9 heteroatoms. The summed E-state index contributed by atoms with van der Waals surface area (Å²) >= 11 is 6.11. The van der Waals surface area contributed by atoms with E-state index in [1.165, 1.54) is 6.07 Å². The molecule has 0 atom stereocenters. The number of anilines is 1. The number of nitrogens with zero attached hydrogens (tertiary/aromatic N) is 2. The van der Waals surface area contributed by atoms with Crippen molar-refractivity contribution in [2.45, 2.75) is 26.3 Å². The Labute approximate surface area is 205 Å². The monoisotopic (exact) mass is 499 g/mol. The fraction of sp³-hybridized carbons (Fsp3) is 0.154. The molecule has 0 radical (unpaired) electrons. The highest BCUT2D eigenvalue weighted by atomic mass is 35.5. The van der Waals surface area contributed by atoms with Gasteiger partial charge < -0.3 is 10.1 Å². The van der Waals surface area contributed by atoms with Crippen LogP contribution in [0.15, 0.2) is 78.9 Å². The lowest BCUT2D eigenvalue weighted by Crippen LogP contribution is -2.13. The number of hydrogen-bond donors (Lipinski definition) is 1. The molecule has 35 heavy (non-hydrogen) atoms. The summed E-state index contributed by atoms with van der Waals surface area (Å²) in [5, 5.41) is 7.57. The molecule has 4 rings (SSSR count). The normalized spacial score (nSPS) is 11.3. The second-order valence-electron chi connectivity index (χ2n) is 7.90. The number of para-hydroxylation sites is 1. The molecule has 180 valence electrons. The van der Waals surface area contributed by atoms with Gasteiger partial charge in [-0.25, -0.2) is 0 Å². The lowest BCUT2D eigenvalue weighted by atomic mass is 10.1. The number of rotatable bonds is 7. The highest BCUT2D eigenvalue weighted by Gasteiger charge is 2.30. The summed E-state index contributed by atoms with van der Waals surface area (Å²) in [4.78, 5) is 12.8. The molecule has 0 aliphatic carbocycles. The highest BCUT2D eigenvalue weighted by molar-refractivity contribution is 6.32. The molecule has 0 aliphatic rings. The van der Waals surface area contributed by atoms with Gasteiger partial charge in [-0.2, -0.15) is 18.3 Å². The zero-order chi connectivity index (χ0) is 25.0. The first-order chi connectivity index (χ1) is 16.7. The number of amides is 1. The Morgan fingerprint density at radius 1 is 1.00 bits per heavy atom. The topological polar surface area (TPSA) is 56.1 Å². The third-order valence-corrected chi connectivity index (χ3v) is 5.54. The first-order valence-corrected chi connectivity index (χ1v) is 11.0. The molecule has 3 aromatic carbocycles. The summed E-state index contributed by atoms with van der Waals surface area (Å²) in [6, 6.07) is 20.8. The number of carbonyl (C=O) groups excluding carboxylic acids is 1. The van der Waals surface area contributed by atoms with Crippen molar-refractivity contribution in [1.29, 1.82) is 0 Å². The van der Waals surface area contributed by atoms with E-state index in [4.69, 9.17) is 16.3 Å². The molecule has 5 nitrogen and oxygen atoms in total. The molecular weight excluding hydrogens is 479 g/mol. The van der Waals surface area contributed by atoms with E-state index < -0.39 is 11.7 Å². The molecule has 0 bridgehead atoms. The van der Waals surface area contributed by atoms with Crippen LogP contribution in [0.4, 0.5) is 19.0 Å². The van der Waals surface area contributed by atoms with Crippen molar-refractivity contribution >= 4 is 23.3 Å². The second-order valence-corrected chi connectivity index (χ2v) is 8.31. The van der Waals surface area contributed by atoms with Gasteiger partial charge in [-0.1, -0.05) is 48.0 Å². The van der Waals surface area contributed by atoms with Gasteiger partial charge in [0.1, 0.15) is 12.4 Å². The maximum absolute atomic E-state index is 13.0. The van der Waals surface area contributed by atoms with Gasteiger partial charge in [-0.15, -0.1) is 0 Å². The number of nitrogens with one attached hydrogen (secondary N) is 1. The number of halogens is 4. The molecule has 0 spiro atoms. The average Bonchev–Trinajstić information content (AvgIpc) is 3.16. The molecule has 4 aromatic rings. The predicted octanol–water partition coefficient (Wildman–Crippen LogP) is 6.74. The smallest absolute Gasteiger partial charge is 0.416 e. The van der Waals surface area contributed by atoms with Crippen LogP contribution in [0.1, 0.15) is 32.7 Å². The summed E-state index contributed by atoms with van der Waals surface area (Å²) < 4.78 is 46.2. The minimum Gasteiger partial charge on any atom is -0.487 e. The number of aryl methyl sites for hydroxylation is 1. The molecular formula is C26H21ClF3N3O2. The fourth-order valence-electron chi connectivity index (χ4n) is 3.46. The van der Waals surface area contributed by atoms with Gasteiger partial charge in [0, 0.05) is 17.3 Å². The Balaban J connectivity index is 1.42. The maximum Gasteiger partial charge on any atom is 0.416 e. The molecule has 0 unspecified atom stereocenters. The van der Waals surface area contributed by atoms with Crippen molar-refractivity contribution in [3.63, 3.8) is 0 Å². The van der Waals surface area contributed by atoms with E-state index in [2.05, 4.69) is 10.4 Å². The number of ether oxygens (including phenoxy) is 1. The van der Waals surface area contributed by atoms with Crippen molar-refractivity contribution < 1.29 is 22.7 Å². The summed E-state index contributed by atoms with van der Waals surface area (Å²) in [7, 11) is 0. The van der Waals surface area contributed by atoms with E-state index in [0.717, 1.165) is 17.7 Å². The lowest BCUT2D eigenvalue weighted by Gasteiger charge is -2.10. The van der Waals surface area contributed by atoms with Crippen LogP contribution in [0.25, 0.3) is 0 Å². The SMILES string of the molecule is Cc1cc(NC(=O)c2cccc(COc3ccccc3Cl)c2)nn1Cc1cccc(C(F)(F)F)c1. The Morgan fingerprint density at radius 3 is 2.51 bits per heavy atom. The maximum atomic E-state index is 13.0. The summed E-state index contributed by atoms with van der Waals surface area (Å²) in [6.45, 7) is 2.14. The van der Waals surface area contributed by atoms with Crippen molar-refractivity contribution in [3.8, 4) is 5.75 Å². The van der Waals surface area contributed by atoms with Crippen LogP contribution >= 0.6 is 11.6 Å². The van der Waals surface area contributed by atoms with E-state index in [1.807, 2.05) is 18.2 Å². The summed E-state index contributed by atoms with van der Waals surface area (Å²) in [5.41, 5.74) is 1.63. The van der Waals surface area contributed by atoms with Crippen molar-refractivity contribution in [2.75, 3.05) is 5.32 Å². The van der Waals surface area contributed by atoms with Gasteiger partial charge in [0.2, 0.25) is 0 Å². The molecule has 1 N–H and O–H groups in total. The standard InChI is InChI=1S/C26H21ClF3N3O2/c1-17-12-24(32-33(17)15-18-6-5-9-21(14-18)26(28,29)30)31-25(34)20-8-4-7-19(13-20)16-35-23-11-3-2-10-22(23)27/h2-14H,15-16H2,1H3,(H,31,32,34). The van der Waals surface area contributed by atoms with E-state index in [9.17, 15) is 18.0 Å². The molecule has 0 saturated heterocycles. The third-order valence-electron chi connectivity index (χ3n) is 5.23. The number of alkyl halides is 3. The molecule has 0 fully saturated rings. The molecule has 0 saturated carbocycles. The second kappa shape index (κ2) is 10.2. The van der Waals surface area contributed by atoms with E-state index in [1.54, 1.807) is 54.1 Å². The fourth-order valence-corrected chi connectivity index (χ4v) is 3.65. The van der Waals surface area contributed by atoms with E-state index in [-0.39, 0.29) is 19.1 Å². The summed E-state index contributed by atoms with van der Waals surface area (Å²) in [5.74, 6) is 0.483. The number of aromatic nitrogens is 2. The Kier molecular flexibility index (Phi) is 7.12. The van der Waals surface area contributed by atoms with Crippen LogP contribution in [0.2, 0.25) is 5.02 Å². The minimum atomic E-state index is -4.42. The lowest BCUT2D eigenvalue weighted by molar-refractivity contribution is -0.137. The van der Waals surface area contributed by atoms with Gasteiger partial charge in [0.25, 0.3) is 5.91 Å². The van der Waals surface area contributed by atoms with Crippen LogP contribution in [-0.4, -0.2) is 15.7 Å². The van der Waals surface area contributed by atoms with Gasteiger partial charge in [0.05, 0.1) is 17.1 Å². The van der Waals surface area contributed by atoms with E-state index >= 15 is 0 Å². The zero-order valence-electron chi connectivity index (χ0n) is 18.6. The Hall–Kier alpha value is -3.78. The van der Waals surface area contributed by atoms with Gasteiger partial charge >= 0.3 is 6.18 Å². The van der Waals surface area contributed by atoms with Crippen molar-refractivity contribution in [1.82, 2.24) is 9.78 Å². The van der Waals surface area contributed by atoms with E-state index in [0.29, 0.717) is 33.4 Å². The molecule has 0 aliphatic heterocycles. The highest BCUT2D eigenvalue weighted by Crippen LogP contribution is 2.30. The van der Waals surface area contributed by atoms with Crippen LogP contribution in [0.5, 0.6) is 5.75 Å². The predicted molar refractivity (Wildman–Crippen MR) is 128 cm³/mol. The number of carbonyl (C=O) groups is 1. The average molecular weight is 500 g/mol. The van der Waals surface area contributed by atoms with Crippen LogP contribution in [0.3, 0.4) is 0 Å². The van der Waals surface area contributed by atoms with Crippen molar-refractivity contribution in [2.24, 2.45) is 0 Å². The van der Waals surface area contributed by atoms with Gasteiger partial charge in [-0.3, -0.25) is 9.48 Å². The number of hydrogen-bond acceptors (Lipinski definition) is 3. The molecule has 1 heterocycles. The largest absolute Gasteiger partial charge is 0.487 e. The van der Waals surface area contributed by atoms with Gasteiger partial charge in [-0.05, 0) is 54.4 Å². The number of benzene rings is 3. The minimum absolute atomic E-state index is 0.139. The summed E-state index contributed by atoms with van der Waals surface area (Å²) in [6.07, 6.45) is -4.42. The first kappa shape index (κ1) is 24.3. The van der Waals surface area contributed by atoms with Crippen molar-refractivity contribution in [3.05, 3.63) is 112 Å². The van der Waals surface area contributed by atoms with Crippen LogP contribution in [-0.2, 0) is 19.3 Å². The third kappa shape index (κ3) is 6.22. The van der Waals surface area contributed by atoms with Gasteiger partial charge in [0.15, 0.2) is 5.82 Å². The van der Waals surface area contributed by atoms with Crippen LogP contribution in [0, 0.1) is 6.92 Å². The quantitative estimate of drug-likeness (QED) is 0.306. The molecule has 1 aromatic heterocycles. The molecule has 1 amide bonds. The van der Waals surface area contributed by atoms with Crippen LogP contribution < -0.4 is 10.1 Å². The Bertz CT molecular complexity index is 1350. The zero-order valence-corrected chi connectivity index (χ0v) is 19.4. The Morgan fingerprint density at radius 2 is 1.74 bits per heavy atom.